The molecule has 0 aliphatic rings. The average Bonchev–Trinajstić information content (AvgIpc) is 2.26. The first kappa shape index (κ1) is 11.5. The Kier molecular flexibility index (Phi) is 2.57. The molecule has 17 heavy (non-hydrogen) atoms. The first-order valence-electron chi connectivity index (χ1n) is 4.61. The fourth-order valence-electron chi connectivity index (χ4n) is 1.50. The van der Waals surface area contributed by atoms with Crippen LogP contribution in [0.25, 0.3) is 11.0 Å². The van der Waals surface area contributed by atoms with Gasteiger partial charge in [0.15, 0.2) is 0 Å². The summed E-state index contributed by atoms with van der Waals surface area (Å²) in [6.45, 7) is 0. The normalized spacial score (nSPS) is 11.8. The first-order chi connectivity index (χ1) is 7.91. The van der Waals surface area contributed by atoms with Crippen molar-refractivity contribution >= 4 is 11.0 Å². The van der Waals surface area contributed by atoms with Gasteiger partial charge in [0.05, 0.1) is 12.7 Å². The number of benzene rings is 1. The van der Waals surface area contributed by atoms with Gasteiger partial charge >= 0.3 is 11.8 Å². The Morgan fingerprint density at radius 3 is 2.53 bits per heavy atom. The van der Waals surface area contributed by atoms with Gasteiger partial charge in [0, 0.05) is 11.5 Å². The number of alkyl halides is 3. The molecule has 0 amide bonds. The molecule has 0 radical (unpaired) electrons. The summed E-state index contributed by atoms with van der Waals surface area (Å²) in [5, 5.41) is -0.198. The topological polar surface area (TPSA) is 39.4 Å². The molecule has 0 bridgehead atoms. The molecule has 0 aliphatic heterocycles. The number of rotatable bonds is 1. The minimum absolute atomic E-state index is 0.120. The molecule has 2 rings (SSSR count). The summed E-state index contributed by atoms with van der Waals surface area (Å²) < 4.78 is 47.7. The maximum absolute atomic E-state index is 12.7. The van der Waals surface area contributed by atoms with E-state index in [0.717, 1.165) is 0 Å². The molecule has 3 nitrogen and oxygen atoms in total. The van der Waals surface area contributed by atoms with Crippen LogP contribution in [0.3, 0.4) is 0 Å². The minimum Gasteiger partial charge on any atom is -0.497 e. The molecular formula is C11H7F3O3. The predicted octanol–water partition coefficient (Wildman–Crippen LogP) is 2.82. The highest BCUT2D eigenvalue weighted by Crippen LogP contribution is 2.35. The first-order valence-corrected chi connectivity index (χ1v) is 4.61. The van der Waals surface area contributed by atoms with Gasteiger partial charge < -0.3 is 9.15 Å². The van der Waals surface area contributed by atoms with Crippen LogP contribution in [-0.4, -0.2) is 7.11 Å². The van der Waals surface area contributed by atoms with Crippen LogP contribution < -0.4 is 10.4 Å². The summed E-state index contributed by atoms with van der Waals surface area (Å²) in [5.41, 5.74) is -2.18. The van der Waals surface area contributed by atoms with Gasteiger partial charge in [-0.2, -0.15) is 13.2 Å². The Labute approximate surface area is 93.4 Å². The largest absolute Gasteiger partial charge is 0.497 e. The molecule has 1 aromatic carbocycles. The molecule has 0 N–H and O–H groups in total. The molecule has 2 aromatic rings. The lowest BCUT2D eigenvalue weighted by Crippen LogP contribution is -2.10. The van der Waals surface area contributed by atoms with Crippen molar-refractivity contribution in [3.8, 4) is 5.75 Å². The van der Waals surface area contributed by atoms with E-state index in [2.05, 4.69) is 4.42 Å². The van der Waals surface area contributed by atoms with Crippen LogP contribution in [-0.2, 0) is 6.18 Å². The van der Waals surface area contributed by atoms with Gasteiger partial charge in [0.25, 0.3) is 0 Å². The zero-order valence-corrected chi connectivity index (χ0v) is 8.67. The second-order valence-electron chi connectivity index (χ2n) is 3.34. The van der Waals surface area contributed by atoms with Crippen molar-refractivity contribution in [1.82, 2.24) is 0 Å². The smallest absolute Gasteiger partial charge is 0.417 e. The SMILES string of the molecule is COc1ccc2oc(=O)cc(C(F)(F)F)c2c1. The number of hydrogen-bond acceptors (Lipinski definition) is 3. The maximum atomic E-state index is 12.7. The van der Waals surface area contributed by atoms with E-state index < -0.39 is 17.4 Å². The van der Waals surface area contributed by atoms with Crippen LogP contribution in [0.5, 0.6) is 5.75 Å². The van der Waals surface area contributed by atoms with E-state index >= 15 is 0 Å². The zero-order valence-electron chi connectivity index (χ0n) is 8.67. The van der Waals surface area contributed by atoms with Crippen LogP contribution in [0.2, 0.25) is 0 Å². The lowest BCUT2D eigenvalue weighted by Gasteiger charge is -2.09. The van der Waals surface area contributed by atoms with Gasteiger partial charge in [-0.1, -0.05) is 0 Å². The standard InChI is InChI=1S/C11H7F3O3/c1-16-6-2-3-9-7(4-6)8(11(12,13)14)5-10(15)17-9/h2-5H,1H3. The van der Waals surface area contributed by atoms with Crippen LogP contribution in [0, 0.1) is 0 Å². The molecule has 1 aromatic heterocycles. The Balaban J connectivity index is 2.85. The number of halogens is 3. The third kappa shape index (κ3) is 2.11. The van der Waals surface area contributed by atoms with E-state index in [9.17, 15) is 18.0 Å². The number of methoxy groups -OCH3 is 1. The third-order valence-corrected chi connectivity index (χ3v) is 2.26. The fraction of sp³-hybridized carbons (Fsp3) is 0.182. The number of ether oxygens (including phenoxy) is 1. The van der Waals surface area contributed by atoms with Gasteiger partial charge in [0.2, 0.25) is 0 Å². The Hall–Kier alpha value is -1.98. The van der Waals surface area contributed by atoms with Gasteiger partial charge in [-0.3, -0.25) is 0 Å². The van der Waals surface area contributed by atoms with Crippen molar-refractivity contribution in [2.24, 2.45) is 0 Å². The molecule has 90 valence electrons. The van der Waals surface area contributed by atoms with Crippen molar-refractivity contribution < 1.29 is 22.3 Å². The summed E-state index contributed by atoms with van der Waals surface area (Å²) in [4.78, 5) is 11.0. The summed E-state index contributed by atoms with van der Waals surface area (Å²) in [7, 11) is 1.34. The highest BCUT2D eigenvalue weighted by atomic mass is 19.4. The van der Waals surface area contributed by atoms with Crippen LogP contribution in [0.4, 0.5) is 13.2 Å². The Morgan fingerprint density at radius 1 is 1.24 bits per heavy atom. The molecule has 1 heterocycles. The Morgan fingerprint density at radius 2 is 1.94 bits per heavy atom. The summed E-state index contributed by atoms with van der Waals surface area (Å²) in [6.07, 6.45) is -4.61. The molecular weight excluding hydrogens is 237 g/mol. The highest BCUT2D eigenvalue weighted by Gasteiger charge is 2.33. The quantitative estimate of drug-likeness (QED) is 0.724. The summed E-state index contributed by atoms with van der Waals surface area (Å²) >= 11 is 0. The summed E-state index contributed by atoms with van der Waals surface area (Å²) in [5.74, 6) is 0.261. The molecule has 0 atom stereocenters. The van der Waals surface area contributed by atoms with Crippen molar-refractivity contribution in [3.63, 3.8) is 0 Å². The lowest BCUT2D eigenvalue weighted by atomic mass is 10.1. The van der Waals surface area contributed by atoms with Crippen molar-refractivity contribution in [2.45, 2.75) is 6.18 Å². The number of hydrogen-bond donors (Lipinski definition) is 0. The van der Waals surface area contributed by atoms with Crippen molar-refractivity contribution in [3.05, 3.63) is 40.2 Å². The highest BCUT2D eigenvalue weighted by molar-refractivity contribution is 5.82. The second kappa shape index (κ2) is 3.80. The maximum Gasteiger partial charge on any atom is 0.417 e. The van der Waals surface area contributed by atoms with E-state index in [1.165, 1.54) is 25.3 Å². The van der Waals surface area contributed by atoms with E-state index in [4.69, 9.17) is 4.74 Å². The number of fused-ring (bicyclic) bond motifs is 1. The lowest BCUT2D eigenvalue weighted by molar-refractivity contribution is -0.136. The van der Waals surface area contributed by atoms with Crippen LogP contribution >= 0.6 is 0 Å². The van der Waals surface area contributed by atoms with Crippen LogP contribution in [0.15, 0.2) is 33.5 Å². The molecule has 0 spiro atoms. The zero-order chi connectivity index (χ0) is 12.6. The third-order valence-electron chi connectivity index (χ3n) is 2.26. The van der Waals surface area contributed by atoms with Gasteiger partial charge in [-0.15, -0.1) is 0 Å². The molecule has 0 aliphatic carbocycles. The van der Waals surface area contributed by atoms with Crippen molar-refractivity contribution in [2.75, 3.05) is 7.11 Å². The minimum atomic E-state index is -4.61. The van der Waals surface area contributed by atoms with Gasteiger partial charge in [0.1, 0.15) is 11.3 Å². The Bertz CT molecular complexity index is 613. The summed E-state index contributed by atoms with van der Waals surface area (Å²) in [6, 6.07) is 4.30. The van der Waals surface area contributed by atoms with E-state index in [-0.39, 0.29) is 16.7 Å². The van der Waals surface area contributed by atoms with E-state index in [1.807, 2.05) is 0 Å². The molecule has 0 unspecified atom stereocenters. The average molecular weight is 244 g/mol. The monoisotopic (exact) mass is 244 g/mol. The van der Waals surface area contributed by atoms with Crippen molar-refractivity contribution in [1.29, 1.82) is 0 Å². The molecule has 0 saturated carbocycles. The van der Waals surface area contributed by atoms with E-state index in [0.29, 0.717) is 6.07 Å². The molecule has 0 saturated heterocycles. The van der Waals surface area contributed by atoms with Crippen LogP contribution in [0.1, 0.15) is 5.56 Å². The predicted molar refractivity (Wildman–Crippen MR) is 54.0 cm³/mol. The molecule has 6 heteroatoms. The second-order valence-corrected chi connectivity index (χ2v) is 3.34. The van der Waals surface area contributed by atoms with E-state index in [1.54, 1.807) is 0 Å². The van der Waals surface area contributed by atoms with Gasteiger partial charge in [-0.05, 0) is 18.2 Å². The van der Waals surface area contributed by atoms with Gasteiger partial charge in [-0.25, -0.2) is 4.79 Å². The fourth-order valence-corrected chi connectivity index (χ4v) is 1.50. The molecule has 0 fully saturated rings.